The molecule has 1 aromatic heterocycles. The van der Waals surface area contributed by atoms with E-state index in [-0.39, 0.29) is 0 Å². The Bertz CT molecular complexity index is 1120. The van der Waals surface area contributed by atoms with Gasteiger partial charge in [-0.3, -0.25) is 4.98 Å². The molecule has 0 aliphatic carbocycles. The summed E-state index contributed by atoms with van der Waals surface area (Å²) in [4.78, 5) is 4.62. The lowest BCUT2D eigenvalue weighted by Gasteiger charge is -2.14. The van der Waals surface area contributed by atoms with Gasteiger partial charge in [0.2, 0.25) is 0 Å². The predicted octanol–water partition coefficient (Wildman–Crippen LogP) is 6.55. The molecule has 1 heterocycles. The second-order valence-electron chi connectivity index (χ2n) is 6.93. The summed E-state index contributed by atoms with van der Waals surface area (Å²) in [6.45, 7) is 6.60. The van der Waals surface area contributed by atoms with Crippen molar-refractivity contribution in [2.45, 2.75) is 20.0 Å². The van der Waals surface area contributed by atoms with Gasteiger partial charge in [-0.25, -0.2) is 0 Å². The zero-order chi connectivity index (χ0) is 19.5. The number of aromatic nitrogens is 1. The molecule has 0 saturated carbocycles. The minimum absolute atomic E-state index is 0.494. The smallest absolute Gasteiger partial charge is 0.149 e. The lowest BCUT2D eigenvalue weighted by molar-refractivity contribution is 0.307. The quantitative estimate of drug-likeness (QED) is 0.388. The first-order valence-corrected chi connectivity index (χ1v) is 9.64. The Kier molecular flexibility index (Phi) is 5.31. The Hall–Kier alpha value is -2.84. The minimum atomic E-state index is 0.494. The third-order valence-electron chi connectivity index (χ3n) is 4.81. The Morgan fingerprint density at radius 2 is 1.61 bits per heavy atom. The highest BCUT2D eigenvalue weighted by atomic mass is 35.5. The van der Waals surface area contributed by atoms with Gasteiger partial charge in [0, 0.05) is 21.5 Å². The molecule has 0 N–H and O–H groups in total. The van der Waals surface area contributed by atoms with Crippen LogP contribution in [0.1, 0.15) is 28.1 Å². The summed E-state index contributed by atoms with van der Waals surface area (Å²) in [5.74, 6) is 0.749. The number of hydrogen-bond acceptors (Lipinski definition) is 2. The van der Waals surface area contributed by atoms with E-state index in [4.69, 9.17) is 16.3 Å². The maximum absolute atomic E-state index is 6.12. The highest BCUT2D eigenvalue weighted by molar-refractivity contribution is 6.30. The lowest BCUT2D eigenvalue weighted by atomic mass is 10.00. The van der Waals surface area contributed by atoms with E-state index in [1.54, 1.807) is 0 Å². The number of halogens is 1. The van der Waals surface area contributed by atoms with Crippen molar-refractivity contribution in [1.82, 2.24) is 4.98 Å². The van der Waals surface area contributed by atoms with Crippen LogP contribution in [0.2, 0.25) is 5.02 Å². The molecule has 0 spiro atoms. The van der Waals surface area contributed by atoms with E-state index in [0.717, 1.165) is 39.2 Å². The van der Waals surface area contributed by atoms with Crippen LogP contribution in [0.25, 0.3) is 10.8 Å². The van der Waals surface area contributed by atoms with Gasteiger partial charge in [0.15, 0.2) is 0 Å². The van der Waals surface area contributed by atoms with Crippen LogP contribution in [0.4, 0.5) is 0 Å². The molecule has 28 heavy (non-hydrogen) atoms. The molecule has 3 heteroatoms. The molecule has 4 aromatic rings. The summed E-state index contributed by atoms with van der Waals surface area (Å²) in [7, 11) is 0. The molecule has 3 aromatic carbocycles. The number of aryl methyl sites for hydroxylation is 1. The highest BCUT2D eigenvalue weighted by Crippen LogP contribution is 2.32. The zero-order valence-corrected chi connectivity index (χ0v) is 16.5. The maximum Gasteiger partial charge on any atom is 0.149 e. The number of hydrogen-bond donors (Lipinski definition) is 0. The van der Waals surface area contributed by atoms with E-state index in [1.807, 2.05) is 43.3 Å². The number of benzene rings is 3. The molecule has 0 aliphatic heterocycles. The van der Waals surface area contributed by atoms with Gasteiger partial charge in [-0.05, 0) is 55.2 Å². The molecule has 0 aliphatic rings. The largest absolute Gasteiger partial charge is 0.486 e. The normalized spacial score (nSPS) is 11.0. The number of rotatable bonds is 5. The van der Waals surface area contributed by atoms with Gasteiger partial charge in [0.05, 0.1) is 5.69 Å². The molecule has 0 bridgehead atoms. The van der Waals surface area contributed by atoms with Gasteiger partial charge in [0.25, 0.3) is 0 Å². The maximum atomic E-state index is 6.12. The fourth-order valence-electron chi connectivity index (χ4n) is 3.44. The van der Waals surface area contributed by atoms with E-state index in [9.17, 15) is 0 Å². The molecule has 0 unspecified atom stereocenters. The Morgan fingerprint density at radius 3 is 2.39 bits per heavy atom. The van der Waals surface area contributed by atoms with Gasteiger partial charge in [-0.1, -0.05) is 66.2 Å². The summed E-state index contributed by atoms with van der Waals surface area (Å²) >= 11 is 6.12. The molecule has 0 atom stereocenters. The minimum Gasteiger partial charge on any atom is -0.486 e. The number of fused-ring (bicyclic) bond motifs is 1. The van der Waals surface area contributed by atoms with Crippen molar-refractivity contribution in [2.24, 2.45) is 0 Å². The van der Waals surface area contributed by atoms with Crippen LogP contribution in [0.3, 0.4) is 0 Å². The number of pyridine rings is 1. The monoisotopic (exact) mass is 386 g/mol. The van der Waals surface area contributed by atoms with Gasteiger partial charge in [-0.15, -0.1) is 0 Å². The van der Waals surface area contributed by atoms with Gasteiger partial charge in [-0.2, -0.15) is 0 Å². The first-order chi connectivity index (χ1) is 13.6. The van der Waals surface area contributed by atoms with Crippen molar-refractivity contribution in [3.05, 3.63) is 113 Å². The summed E-state index contributed by atoms with van der Waals surface area (Å²) in [6.07, 6.45) is 0.822. The highest BCUT2D eigenvalue weighted by Gasteiger charge is 2.12. The van der Waals surface area contributed by atoms with Gasteiger partial charge >= 0.3 is 0 Å². The van der Waals surface area contributed by atoms with Crippen molar-refractivity contribution in [2.75, 3.05) is 0 Å². The SMILES string of the molecule is [CH2]c1nc(C)c2cc(Cc3cccc(Cl)c3)ccc2c1OCc1ccccc1. The third kappa shape index (κ3) is 4.02. The molecule has 0 saturated heterocycles. The van der Waals surface area contributed by atoms with E-state index in [1.165, 1.54) is 11.1 Å². The van der Waals surface area contributed by atoms with Crippen LogP contribution in [-0.2, 0) is 13.0 Å². The van der Waals surface area contributed by atoms with E-state index in [2.05, 4.69) is 48.3 Å². The average Bonchev–Trinajstić information content (AvgIpc) is 2.69. The molecule has 4 rings (SSSR count). The molecule has 2 nitrogen and oxygen atoms in total. The van der Waals surface area contributed by atoms with Crippen LogP contribution in [-0.4, -0.2) is 4.98 Å². The van der Waals surface area contributed by atoms with Crippen molar-refractivity contribution < 1.29 is 4.74 Å². The Labute approximate surface area is 170 Å². The Morgan fingerprint density at radius 1 is 0.857 bits per heavy atom. The van der Waals surface area contributed by atoms with Crippen molar-refractivity contribution in [3.8, 4) is 5.75 Å². The second-order valence-corrected chi connectivity index (χ2v) is 7.37. The molecular formula is C25H21ClNO. The molecule has 139 valence electrons. The molecule has 0 fully saturated rings. The fraction of sp³-hybridized carbons (Fsp3) is 0.120. The van der Waals surface area contributed by atoms with Crippen LogP contribution in [0.15, 0.2) is 72.8 Å². The van der Waals surface area contributed by atoms with Crippen LogP contribution >= 0.6 is 11.6 Å². The van der Waals surface area contributed by atoms with E-state index < -0.39 is 0 Å². The van der Waals surface area contributed by atoms with Gasteiger partial charge < -0.3 is 4.74 Å². The van der Waals surface area contributed by atoms with Crippen molar-refractivity contribution in [1.29, 1.82) is 0 Å². The first-order valence-electron chi connectivity index (χ1n) is 9.26. The molecular weight excluding hydrogens is 366 g/mol. The predicted molar refractivity (Wildman–Crippen MR) is 116 cm³/mol. The van der Waals surface area contributed by atoms with Crippen molar-refractivity contribution in [3.63, 3.8) is 0 Å². The van der Waals surface area contributed by atoms with Crippen molar-refractivity contribution >= 4 is 22.4 Å². The fourth-order valence-corrected chi connectivity index (χ4v) is 3.65. The van der Waals surface area contributed by atoms with E-state index >= 15 is 0 Å². The van der Waals surface area contributed by atoms with Gasteiger partial charge in [0.1, 0.15) is 12.4 Å². The third-order valence-corrected chi connectivity index (χ3v) is 5.04. The van der Waals surface area contributed by atoms with Crippen LogP contribution in [0, 0.1) is 13.8 Å². The second kappa shape index (κ2) is 8.04. The number of ether oxygens (including phenoxy) is 1. The summed E-state index contributed by atoms with van der Waals surface area (Å²) < 4.78 is 6.12. The Balaban J connectivity index is 1.67. The molecule has 0 amide bonds. The summed E-state index contributed by atoms with van der Waals surface area (Å²) in [5, 5.41) is 2.90. The number of nitrogens with zero attached hydrogens (tertiary/aromatic N) is 1. The van der Waals surface area contributed by atoms with E-state index in [0.29, 0.717) is 12.3 Å². The van der Waals surface area contributed by atoms with Crippen LogP contribution < -0.4 is 4.74 Å². The lowest BCUT2D eigenvalue weighted by Crippen LogP contribution is -2.01. The standard InChI is InChI=1S/C25H21ClNO/c1-17-24-15-21(13-20-9-6-10-22(26)14-20)11-12-23(24)25(18(2)27-17)28-16-19-7-4-3-5-8-19/h3-12,14-15H,2,13,16H2,1H3. The summed E-state index contributed by atoms with van der Waals surface area (Å²) in [5.41, 5.74) is 5.15. The van der Waals surface area contributed by atoms with Crippen LogP contribution in [0.5, 0.6) is 5.75 Å². The molecule has 1 radical (unpaired) electrons. The topological polar surface area (TPSA) is 22.1 Å². The summed E-state index contributed by atoms with van der Waals surface area (Å²) in [6, 6.07) is 24.5. The average molecular weight is 387 g/mol. The zero-order valence-electron chi connectivity index (χ0n) is 15.8. The first kappa shape index (κ1) is 18.5.